The van der Waals surface area contributed by atoms with E-state index in [1.165, 1.54) is 0 Å². The molecule has 0 aliphatic heterocycles. The molecule has 1 amide bonds. The van der Waals surface area contributed by atoms with Crippen molar-refractivity contribution in [2.75, 3.05) is 13.1 Å². The van der Waals surface area contributed by atoms with Gasteiger partial charge in [-0.25, -0.2) is 0 Å². The Morgan fingerprint density at radius 1 is 1.41 bits per heavy atom. The van der Waals surface area contributed by atoms with Gasteiger partial charge in [-0.1, -0.05) is 30.7 Å². The SMILES string of the molecule is CCCNC(=O)CNCc1ccc(C)cc1Cl. The van der Waals surface area contributed by atoms with Crippen LogP contribution in [0.5, 0.6) is 0 Å². The topological polar surface area (TPSA) is 41.1 Å². The molecule has 0 aliphatic carbocycles. The van der Waals surface area contributed by atoms with Gasteiger partial charge >= 0.3 is 0 Å². The molecule has 0 fully saturated rings. The highest BCUT2D eigenvalue weighted by Gasteiger charge is 2.02. The fraction of sp³-hybridized carbons (Fsp3) is 0.462. The van der Waals surface area contributed by atoms with Gasteiger partial charge in [0.1, 0.15) is 0 Å². The van der Waals surface area contributed by atoms with Gasteiger partial charge in [-0.2, -0.15) is 0 Å². The second kappa shape index (κ2) is 7.30. The Morgan fingerprint density at radius 2 is 2.18 bits per heavy atom. The second-order valence-electron chi connectivity index (χ2n) is 4.05. The standard InChI is InChI=1S/C13H19ClN2O/c1-3-6-16-13(17)9-15-8-11-5-4-10(2)7-12(11)14/h4-5,7,15H,3,6,8-9H2,1-2H3,(H,16,17). The Labute approximate surface area is 108 Å². The van der Waals surface area contributed by atoms with E-state index in [1.54, 1.807) is 0 Å². The fourth-order valence-electron chi connectivity index (χ4n) is 1.43. The maximum Gasteiger partial charge on any atom is 0.233 e. The molecule has 0 saturated heterocycles. The van der Waals surface area contributed by atoms with Gasteiger partial charge in [-0.15, -0.1) is 0 Å². The van der Waals surface area contributed by atoms with Crippen molar-refractivity contribution in [2.45, 2.75) is 26.8 Å². The van der Waals surface area contributed by atoms with E-state index in [1.807, 2.05) is 32.0 Å². The zero-order valence-electron chi connectivity index (χ0n) is 10.3. The Bertz CT molecular complexity index is 380. The van der Waals surface area contributed by atoms with Crippen LogP contribution >= 0.6 is 11.6 Å². The first-order valence-electron chi connectivity index (χ1n) is 5.86. The van der Waals surface area contributed by atoms with E-state index in [9.17, 15) is 4.79 Å². The molecule has 1 rings (SSSR count). The molecule has 0 atom stereocenters. The van der Waals surface area contributed by atoms with E-state index >= 15 is 0 Å². The van der Waals surface area contributed by atoms with Gasteiger partial charge in [-0.3, -0.25) is 4.79 Å². The lowest BCUT2D eigenvalue weighted by Crippen LogP contribution is -2.33. The maximum atomic E-state index is 11.3. The highest BCUT2D eigenvalue weighted by atomic mass is 35.5. The Hall–Kier alpha value is -1.06. The smallest absolute Gasteiger partial charge is 0.233 e. The summed E-state index contributed by atoms with van der Waals surface area (Å²) < 4.78 is 0. The monoisotopic (exact) mass is 254 g/mol. The summed E-state index contributed by atoms with van der Waals surface area (Å²) in [5.74, 6) is 0.0232. The number of carbonyl (C=O) groups excluding carboxylic acids is 1. The quantitative estimate of drug-likeness (QED) is 0.818. The van der Waals surface area contributed by atoms with E-state index in [-0.39, 0.29) is 5.91 Å². The van der Waals surface area contributed by atoms with Crippen LogP contribution in [0.1, 0.15) is 24.5 Å². The molecule has 0 spiro atoms. The van der Waals surface area contributed by atoms with E-state index in [2.05, 4.69) is 10.6 Å². The third kappa shape index (κ3) is 5.20. The second-order valence-corrected chi connectivity index (χ2v) is 4.46. The Kier molecular flexibility index (Phi) is 6.01. The molecule has 0 heterocycles. The Morgan fingerprint density at radius 3 is 2.82 bits per heavy atom. The van der Waals surface area contributed by atoms with Crippen molar-refractivity contribution >= 4 is 17.5 Å². The zero-order chi connectivity index (χ0) is 12.7. The lowest BCUT2D eigenvalue weighted by Gasteiger charge is -2.07. The third-order valence-corrected chi connectivity index (χ3v) is 2.73. The van der Waals surface area contributed by atoms with Crippen molar-refractivity contribution < 1.29 is 4.79 Å². The summed E-state index contributed by atoms with van der Waals surface area (Å²) in [4.78, 5) is 11.3. The lowest BCUT2D eigenvalue weighted by molar-refractivity contribution is -0.120. The summed E-state index contributed by atoms with van der Waals surface area (Å²) in [6.07, 6.45) is 0.954. The van der Waals surface area contributed by atoms with Crippen molar-refractivity contribution in [3.8, 4) is 0 Å². The molecular weight excluding hydrogens is 236 g/mol. The predicted molar refractivity (Wildman–Crippen MR) is 71.2 cm³/mol. The fourth-order valence-corrected chi connectivity index (χ4v) is 1.74. The molecule has 94 valence electrons. The van der Waals surface area contributed by atoms with Gasteiger partial charge in [-0.05, 0) is 30.5 Å². The first kappa shape index (κ1) is 14.0. The average molecular weight is 255 g/mol. The van der Waals surface area contributed by atoms with Gasteiger partial charge in [0.15, 0.2) is 0 Å². The summed E-state index contributed by atoms with van der Waals surface area (Å²) >= 11 is 6.09. The van der Waals surface area contributed by atoms with Crippen LogP contribution in [0.4, 0.5) is 0 Å². The minimum atomic E-state index is 0.0232. The van der Waals surface area contributed by atoms with Crippen molar-refractivity contribution in [2.24, 2.45) is 0 Å². The van der Waals surface area contributed by atoms with Crippen LogP contribution in [0.15, 0.2) is 18.2 Å². The van der Waals surface area contributed by atoms with Gasteiger partial charge in [0.2, 0.25) is 5.91 Å². The first-order chi connectivity index (χ1) is 8.13. The number of hydrogen-bond donors (Lipinski definition) is 2. The number of benzene rings is 1. The molecule has 17 heavy (non-hydrogen) atoms. The normalized spacial score (nSPS) is 10.3. The summed E-state index contributed by atoms with van der Waals surface area (Å²) in [5, 5.41) is 6.62. The summed E-state index contributed by atoms with van der Waals surface area (Å²) in [5.41, 5.74) is 2.15. The molecule has 3 nitrogen and oxygen atoms in total. The third-order valence-electron chi connectivity index (χ3n) is 2.38. The molecule has 1 aromatic carbocycles. The van der Waals surface area contributed by atoms with Crippen LogP contribution in [0.25, 0.3) is 0 Å². The number of rotatable bonds is 6. The minimum Gasteiger partial charge on any atom is -0.355 e. The van der Waals surface area contributed by atoms with Crippen LogP contribution in [0, 0.1) is 6.92 Å². The molecule has 1 aromatic rings. The van der Waals surface area contributed by atoms with Gasteiger partial charge in [0.05, 0.1) is 6.54 Å². The number of nitrogens with one attached hydrogen (secondary N) is 2. The van der Waals surface area contributed by atoms with Crippen LogP contribution in [0.2, 0.25) is 5.02 Å². The van der Waals surface area contributed by atoms with E-state index in [4.69, 9.17) is 11.6 Å². The molecule has 0 aliphatic rings. The highest BCUT2D eigenvalue weighted by molar-refractivity contribution is 6.31. The van der Waals surface area contributed by atoms with E-state index < -0.39 is 0 Å². The van der Waals surface area contributed by atoms with Crippen LogP contribution in [-0.4, -0.2) is 19.0 Å². The molecule has 0 saturated carbocycles. The predicted octanol–water partition coefficient (Wildman–Crippen LogP) is 2.26. The number of hydrogen-bond acceptors (Lipinski definition) is 2. The van der Waals surface area contributed by atoms with E-state index in [0.717, 1.165) is 29.1 Å². The molecular formula is C13H19ClN2O. The number of aryl methyl sites for hydroxylation is 1. The number of carbonyl (C=O) groups is 1. The zero-order valence-corrected chi connectivity index (χ0v) is 11.1. The lowest BCUT2D eigenvalue weighted by atomic mass is 10.1. The molecule has 2 N–H and O–H groups in total. The van der Waals surface area contributed by atoms with Crippen LogP contribution in [-0.2, 0) is 11.3 Å². The largest absolute Gasteiger partial charge is 0.355 e. The maximum absolute atomic E-state index is 11.3. The Balaban J connectivity index is 2.33. The first-order valence-corrected chi connectivity index (χ1v) is 6.23. The number of amides is 1. The molecule has 0 unspecified atom stereocenters. The van der Waals surface area contributed by atoms with Crippen molar-refractivity contribution in [3.63, 3.8) is 0 Å². The van der Waals surface area contributed by atoms with Crippen molar-refractivity contribution in [1.29, 1.82) is 0 Å². The highest BCUT2D eigenvalue weighted by Crippen LogP contribution is 2.16. The van der Waals surface area contributed by atoms with Crippen molar-refractivity contribution in [3.05, 3.63) is 34.3 Å². The van der Waals surface area contributed by atoms with Crippen LogP contribution < -0.4 is 10.6 Å². The summed E-state index contributed by atoms with van der Waals surface area (Å²) in [6.45, 7) is 5.69. The van der Waals surface area contributed by atoms with Crippen LogP contribution in [0.3, 0.4) is 0 Å². The molecule has 4 heteroatoms. The van der Waals surface area contributed by atoms with Crippen molar-refractivity contribution in [1.82, 2.24) is 10.6 Å². The summed E-state index contributed by atoms with van der Waals surface area (Å²) in [6, 6.07) is 5.92. The average Bonchev–Trinajstić information content (AvgIpc) is 2.29. The van der Waals surface area contributed by atoms with Gasteiger partial charge in [0, 0.05) is 18.1 Å². The molecule has 0 radical (unpaired) electrons. The molecule has 0 bridgehead atoms. The molecule has 0 aromatic heterocycles. The van der Waals surface area contributed by atoms with Gasteiger partial charge < -0.3 is 10.6 Å². The summed E-state index contributed by atoms with van der Waals surface area (Å²) in [7, 11) is 0. The minimum absolute atomic E-state index is 0.0232. The van der Waals surface area contributed by atoms with Gasteiger partial charge in [0.25, 0.3) is 0 Å². The van der Waals surface area contributed by atoms with E-state index in [0.29, 0.717) is 13.1 Å². The number of halogens is 1.